The zero-order chi connectivity index (χ0) is 20.9. The van der Waals surface area contributed by atoms with Crippen LogP contribution in [-0.2, 0) is 0 Å². The number of non-ortho nitro benzene ring substituents is 1. The van der Waals surface area contributed by atoms with Gasteiger partial charge in [-0.05, 0) is 81.1 Å². The van der Waals surface area contributed by atoms with Crippen LogP contribution in [0.3, 0.4) is 0 Å². The molecule has 1 aromatic heterocycles. The number of rotatable bonds is 6. The van der Waals surface area contributed by atoms with Crippen molar-refractivity contribution in [3.05, 3.63) is 45.8 Å². The quantitative estimate of drug-likeness (QED) is 0.577. The van der Waals surface area contributed by atoms with Crippen LogP contribution in [0.5, 0.6) is 0 Å². The molecule has 1 aromatic carbocycles. The zero-order valence-corrected chi connectivity index (χ0v) is 17.2. The minimum Gasteiger partial charge on any atom is -0.351 e. The highest BCUT2D eigenvalue weighted by atomic mass is 16.6. The van der Waals surface area contributed by atoms with Crippen LogP contribution < -0.4 is 5.32 Å². The Morgan fingerprint density at radius 1 is 1.23 bits per heavy atom. The van der Waals surface area contributed by atoms with Crippen molar-refractivity contribution >= 4 is 11.6 Å². The van der Waals surface area contributed by atoms with E-state index in [9.17, 15) is 14.9 Å². The van der Waals surface area contributed by atoms with Gasteiger partial charge in [-0.15, -0.1) is 5.10 Å². The van der Waals surface area contributed by atoms with E-state index in [4.69, 9.17) is 0 Å². The van der Waals surface area contributed by atoms with Gasteiger partial charge in [-0.2, -0.15) is 0 Å². The third kappa shape index (κ3) is 3.38. The Labute approximate surface area is 175 Å². The molecule has 8 heteroatoms. The van der Waals surface area contributed by atoms with E-state index in [2.05, 4.69) is 15.6 Å². The number of nitrogens with zero attached hydrogens (tertiary/aromatic N) is 4. The monoisotopic (exact) mass is 409 g/mol. The van der Waals surface area contributed by atoms with Crippen molar-refractivity contribution < 1.29 is 9.72 Å². The van der Waals surface area contributed by atoms with Gasteiger partial charge in [-0.1, -0.05) is 11.3 Å². The number of nitro groups is 1. The smallest absolute Gasteiger partial charge is 0.273 e. The first kappa shape index (κ1) is 19.2. The van der Waals surface area contributed by atoms with Gasteiger partial charge in [0, 0.05) is 18.7 Å². The average molecular weight is 409 g/mol. The van der Waals surface area contributed by atoms with Gasteiger partial charge < -0.3 is 5.32 Å². The number of amides is 1. The van der Waals surface area contributed by atoms with Crippen LogP contribution in [0.2, 0.25) is 0 Å². The fraction of sp³-hybridized carbons (Fsp3) is 0.591. The van der Waals surface area contributed by atoms with E-state index in [1.54, 1.807) is 19.1 Å². The Morgan fingerprint density at radius 2 is 1.90 bits per heavy atom. The van der Waals surface area contributed by atoms with Crippen molar-refractivity contribution in [2.45, 2.75) is 51.9 Å². The van der Waals surface area contributed by atoms with Crippen LogP contribution in [0, 0.1) is 40.2 Å². The Hall–Kier alpha value is -2.77. The molecule has 8 nitrogen and oxygen atoms in total. The maximum Gasteiger partial charge on any atom is 0.273 e. The fourth-order valence-electron chi connectivity index (χ4n) is 6.64. The summed E-state index contributed by atoms with van der Waals surface area (Å²) in [6, 6.07) is 6.16. The second-order valence-corrected chi connectivity index (χ2v) is 9.64. The summed E-state index contributed by atoms with van der Waals surface area (Å²) in [5.74, 6) is 2.49. The first-order valence-electron chi connectivity index (χ1n) is 10.9. The Bertz CT molecular complexity index is 963. The predicted octanol–water partition coefficient (Wildman–Crippen LogP) is 3.82. The van der Waals surface area contributed by atoms with E-state index < -0.39 is 4.92 Å². The first-order valence-corrected chi connectivity index (χ1v) is 10.9. The number of carbonyl (C=O) groups is 1. The summed E-state index contributed by atoms with van der Waals surface area (Å²) in [4.78, 5) is 23.3. The maximum atomic E-state index is 12.7. The molecule has 4 aliphatic carbocycles. The fourth-order valence-corrected chi connectivity index (χ4v) is 6.64. The van der Waals surface area contributed by atoms with Crippen molar-refractivity contribution in [3.8, 4) is 5.69 Å². The third-order valence-corrected chi connectivity index (χ3v) is 7.50. The minimum absolute atomic E-state index is 0.0241. The zero-order valence-electron chi connectivity index (χ0n) is 17.2. The van der Waals surface area contributed by atoms with Gasteiger partial charge >= 0.3 is 0 Å². The molecule has 6 rings (SSSR count). The lowest BCUT2D eigenvalue weighted by molar-refractivity contribution is -0.384. The average Bonchev–Trinajstić information content (AvgIpc) is 3.08. The first-order chi connectivity index (χ1) is 14.4. The number of nitro benzene ring substituents is 1. The summed E-state index contributed by atoms with van der Waals surface area (Å²) in [7, 11) is 0. The molecule has 158 valence electrons. The van der Waals surface area contributed by atoms with Crippen LogP contribution >= 0.6 is 0 Å². The normalized spacial score (nSPS) is 29.2. The van der Waals surface area contributed by atoms with E-state index in [0.717, 1.165) is 24.2 Å². The van der Waals surface area contributed by atoms with Crippen LogP contribution in [0.15, 0.2) is 24.3 Å². The SMILES string of the molecule is Cc1c(C(=O)NCCC23CC4CC(CC(C4)C2)C3)nnn1-c1cccc([N+](=O)[O-])c1. The maximum absolute atomic E-state index is 12.7. The third-order valence-electron chi connectivity index (χ3n) is 7.50. The molecule has 4 aliphatic rings. The Morgan fingerprint density at radius 3 is 2.53 bits per heavy atom. The van der Waals surface area contributed by atoms with E-state index in [0.29, 0.717) is 23.3 Å². The van der Waals surface area contributed by atoms with Gasteiger partial charge in [0.25, 0.3) is 11.6 Å². The van der Waals surface area contributed by atoms with Crippen LogP contribution in [0.25, 0.3) is 5.69 Å². The molecular weight excluding hydrogens is 382 g/mol. The lowest BCUT2D eigenvalue weighted by atomic mass is 9.49. The number of benzene rings is 1. The highest BCUT2D eigenvalue weighted by molar-refractivity contribution is 5.93. The molecule has 0 saturated heterocycles. The van der Waals surface area contributed by atoms with Gasteiger partial charge in [-0.25, -0.2) is 4.68 Å². The summed E-state index contributed by atoms with van der Waals surface area (Å²) < 4.78 is 1.47. The molecule has 1 N–H and O–H groups in total. The second kappa shape index (κ2) is 7.18. The van der Waals surface area contributed by atoms with Crippen LogP contribution in [-0.4, -0.2) is 32.4 Å². The van der Waals surface area contributed by atoms with Gasteiger partial charge in [0.15, 0.2) is 5.69 Å². The summed E-state index contributed by atoms with van der Waals surface area (Å²) in [5, 5.41) is 22.2. The Balaban J connectivity index is 1.24. The number of aromatic nitrogens is 3. The van der Waals surface area contributed by atoms with Gasteiger partial charge in [0.2, 0.25) is 0 Å². The van der Waals surface area contributed by atoms with Crippen molar-refractivity contribution in [2.24, 2.45) is 23.2 Å². The second-order valence-electron chi connectivity index (χ2n) is 9.64. The number of hydrogen-bond donors (Lipinski definition) is 1. The standard InChI is InChI=1S/C22H27N5O3/c1-14-20(24-25-26(14)18-3-2-4-19(10-18)27(29)30)21(28)23-6-5-22-11-15-7-16(12-22)9-17(8-15)13-22/h2-4,10,15-17H,5-9,11-13H2,1H3,(H,23,28). The lowest BCUT2D eigenvalue weighted by Crippen LogP contribution is -2.47. The summed E-state index contributed by atoms with van der Waals surface area (Å²) in [6.07, 6.45) is 9.30. The summed E-state index contributed by atoms with van der Waals surface area (Å²) >= 11 is 0. The van der Waals surface area contributed by atoms with Gasteiger partial charge in [-0.3, -0.25) is 14.9 Å². The number of carbonyl (C=O) groups excluding carboxylic acids is 1. The topological polar surface area (TPSA) is 103 Å². The molecule has 2 aromatic rings. The summed E-state index contributed by atoms with van der Waals surface area (Å²) in [5.41, 5.74) is 1.76. The van der Waals surface area contributed by atoms with Crippen molar-refractivity contribution in [3.63, 3.8) is 0 Å². The van der Waals surface area contributed by atoms with Crippen molar-refractivity contribution in [2.75, 3.05) is 6.54 Å². The van der Waals surface area contributed by atoms with Crippen LogP contribution in [0.4, 0.5) is 5.69 Å². The molecule has 4 saturated carbocycles. The molecule has 0 aliphatic heterocycles. The molecular formula is C22H27N5O3. The largest absolute Gasteiger partial charge is 0.351 e. The van der Waals surface area contributed by atoms with E-state index in [-0.39, 0.29) is 17.3 Å². The molecule has 0 atom stereocenters. The van der Waals surface area contributed by atoms with E-state index in [1.165, 1.54) is 55.3 Å². The Kier molecular flexibility index (Phi) is 4.60. The lowest BCUT2D eigenvalue weighted by Gasteiger charge is -2.57. The molecule has 1 heterocycles. The highest BCUT2D eigenvalue weighted by Gasteiger charge is 2.50. The van der Waals surface area contributed by atoms with Crippen LogP contribution in [0.1, 0.15) is 61.1 Å². The molecule has 0 radical (unpaired) electrons. The van der Waals surface area contributed by atoms with Gasteiger partial charge in [0.05, 0.1) is 16.3 Å². The molecule has 0 unspecified atom stereocenters. The number of nitrogens with one attached hydrogen (secondary N) is 1. The predicted molar refractivity (Wildman–Crippen MR) is 110 cm³/mol. The molecule has 4 fully saturated rings. The molecule has 0 spiro atoms. The van der Waals surface area contributed by atoms with E-state index in [1.807, 2.05) is 0 Å². The van der Waals surface area contributed by atoms with E-state index >= 15 is 0 Å². The van der Waals surface area contributed by atoms with Gasteiger partial charge in [0.1, 0.15) is 0 Å². The molecule has 1 amide bonds. The number of hydrogen-bond acceptors (Lipinski definition) is 5. The minimum atomic E-state index is -0.451. The summed E-state index contributed by atoms with van der Waals surface area (Å²) in [6.45, 7) is 2.42. The highest BCUT2D eigenvalue weighted by Crippen LogP contribution is 2.61. The molecule has 4 bridgehead atoms. The molecule has 30 heavy (non-hydrogen) atoms. The van der Waals surface area contributed by atoms with Crippen molar-refractivity contribution in [1.29, 1.82) is 0 Å². The van der Waals surface area contributed by atoms with Crippen molar-refractivity contribution in [1.82, 2.24) is 20.3 Å².